The van der Waals surface area contributed by atoms with Crippen molar-refractivity contribution < 1.29 is 22.8 Å². The summed E-state index contributed by atoms with van der Waals surface area (Å²) < 4.78 is 38.5. The van der Waals surface area contributed by atoms with Gasteiger partial charge in [-0.15, -0.1) is 0 Å². The number of urea groups is 1. The molecule has 4 rings (SSSR count). The van der Waals surface area contributed by atoms with Crippen molar-refractivity contribution in [1.29, 1.82) is 0 Å². The molecule has 0 aliphatic carbocycles. The highest BCUT2D eigenvalue weighted by molar-refractivity contribution is 5.80. The Morgan fingerprint density at radius 3 is 2.34 bits per heavy atom. The van der Waals surface area contributed by atoms with Crippen LogP contribution in [0.4, 0.5) is 23.7 Å². The van der Waals surface area contributed by atoms with Gasteiger partial charge in [-0.05, 0) is 25.0 Å². The molecule has 0 spiro atoms. The van der Waals surface area contributed by atoms with Crippen molar-refractivity contribution in [1.82, 2.24) is 14.8 Å². The van der Waals surface area contributed by atoms with Gasteiger partial charge in [-0.25, -0.2) is 4.79 Å². The molecule has 29 heavy (non-hydrogen) atoms. The van der Waals surface area contributed by atoms with Gasteiger partial charge >= 0.3 is 12.2 Å². The van der Waals surface area contributed by atoms with Crippen LogP contribution in [0.15, 0.2) is 18.3 Å². The van der Waals surface area contributed by atoms with Crippen molar-refractivity contribution in [3.05, 3.63) is 24.0 Å². The monoisotopic (exact) mass is 411 g/mol. The minimum Gasteiger partial charge on any atom is -0.370 e. The molecule has 1 unspecified atom stereocenters. The van der Waals surface area contributed by atoms with Crippen LogP contribution in [-0.4, -0.2) is 72.2 Å². The van der Waals surface area contributed by atoms with Gasteiger partial charge in [0.25, 0.3) is 0 Å². The Kier molecular flexibility index (Phi) is 5.04. The van der Waals surface area contributed by atoms with E-state index in [0.717, 1.165) is 5.69 Å². The third-order valence-corrected chi connectivity index (χ3v) is 6.22. The lowest BCUT2D eigenvalue weighted by Gasteiger charge is -2.41. The van der Waals surface area contributed by atoms with Gasteiger partial charge in [0.15, 0.2) is 0 Å². The Bertz CT molecular complexity index is 779. The average molecular weight is 411 g/mol. The van der Waals surface area contributed by atoms with Crippen LogP contribution in [0, 0.1) is 11.8 Å². The number of nitrogens with zero attached hydrogens (tertiary/aromatic N) is 4. The van der Waals surface area contributed by atoms with Gasteiger partial charge in [0.1, 0.15) is 0 Å². The number of aromatic nitrogens is 1. The Labute approximate surface area is 166 Å². The number of carbonyl (C=O) groups excluding carboxylic acids is 2. The van der Waals surface area contributed by atoms with Crippen LogP contribution in [-0.2, 0) is 4.79 Å². The van der Waals surface area contributed by atoms with Gasteiger partial charge < -0.3 is 20.4 Å². The van der Waals surface area contributed by atoms with Crippen molar-refractivity contribution in [3.8, 4) is 0 Å². The number of amides is 3. The molecule has 0 saturated carbocycles. The topological polar surface area (TPSA) is 82.8 Å². The van der Waals surface area contributed by atoms with E-state index in [4.69, 9.17) is 5.73 Å². The molecule has 3 saturated heterocycles. The van der Waals surface area contributed by atoms with E-state index in [0.29, 0.717) is 44.8 Å². The van der Waals surface area contributed by atoms with Gasteiger partial charge in [0.05, 0.1) is 23.7 Å². The van der Waals surface area contributed by atoms with E-state index in [9.17, 15) is 22.8 Å². The number of alkyl halides is 3. The smallest absolute Gasteiger partial charge is 0.370 e. The van der Waals surface area contributed by atoms with E-state index in [1.165, 1.54) is 0 Å². The van der Waals surface area contributed by atoms with Gasteiger partial charge in [0.2, 0.25) is 5.91 Å². The molecule has 3 aliphatic heterocycles. The van der Waals surface area contributed by atoms with E-state index >= 15 is 0 Å². The predicted molar refractivity (Wildman–Crippen MR) is 99.2 cm³/mol. The molecule has 1 aromatic rings. The molecule has 0 bridgehead atoms. The van der Waals surface area contributed by atoms with E-state index in [1.807, 2.05) is 12.1 Å². The lowest BCUT2D eigenvalue weighted by atomic mass is 9.96. The summed E-state index contributed by atoms with van der Waals surface area (Å²) in [5, 5.41) is 0. The molecule has 3 fully saturated rings. The number of halogens is 3. The molecule has 2 atom stereocenters. The van der Waals surface area contributed by atoms with Crippen molar-refractivity contribution in [2.24, 2.45) is 17.6 Å². The number of primary amides is 1. The normalized spacial score (nSPS) is 25.4. The summed E-state index contributed by atoms with van der Waals surface area (Å²) in [6.07, 6.45) is -1.82. The van der Waals surface area contributed by atoms with Gasteiger partial charge in [-0.1, -0.05) is 0 Å². The predicted octanol–water partition coefficient (Wildman–Crippen LogP) is 1.80. The number of rotatable bonds is 3. The minimum atomic E-state index is -4.16. The first kappa shape index (κ1) is 19.8. The fourth-order valence-corrected chi connectivity index (χ4v) is 4.28. The number of carbonyl (C=O) groups is 2. The summed E-state index contributed by atoms with van der Waals surface area (Å²) in [6.45, 7) is 2.34. The van der Waals surface area contributed by atoms with E-state index < -0.39 is 12.1 Å². The molecule has 1 aromatic heterocycles. The summed E-state index contributed by atoms with van der Waals surface area (Å²) in [4.78, 5) is 33.3. The Morgan fingerprint density at radius 2 is 1.79 bits per heavy atom. The van der Waals surface area contributed by atoms with Gasteiger partial charge in [-0.2, -0.15) is 13.2 Å². The van der Waals surface area contributed by atoms with Crippen LogP contribution in [0.3, 0.4) is 0 Å². The number of anilines is 1. The van der Waals surface area contributed by atoms with E-state index in [-0.39, 0.29) is 36.7 Å². The van der Waals surface area contributed by atoms with Crippen molar-refractivity contribution in [2.45, 2.75) is 24.9 Å². The van der Waals surface area contributed by atoms with Crippen LogP contribution in [0.25, 0.3) is 0 Å². The molecule has 0 aromatic carbocycles. The SMILES string of the molecule is NC(=O)[C@H]1CCN(C(=O)N2CC(c3ccc(N4CCC(C(F)(F)F)C4)cn3)C2)C1. The Hall–Kier alpha value is -2.52. The molecule has 10 heteroatoms. The Balaban J connectivity index is 1.28. The maximum Gasteiger partial charge on any atom is 0.393 e. The summed E-state index contributed by atoms with van der Waals surface area (Å²) in [5.74, 6) is -1.81. The molecular weight excluding hydrogens is 387 g/mol. The summed E-state index contributed by atoms with van der Waals surface area (Å²) in [6, 6.07) is 3.56. The number of likely N-dealkylation sites (tertiary alicyclic amines) is 2. The van der Waals surface area contributed by atoms with Crippen molar-refractivity contribution in [2.75, 3.05) is 44.2 Å². The first-order chi connectivity index (χ1) is 13.7. The summed E-state index contributed by atoms with van der Waals surface area (Å²) in [5.41, 5.74) is 6.84. The van der Waals surface area contributed by atoms with Gasteiger partial charge in [0, 0.05) is 50.9 Å². The molecule has 3 aliphatic rings. The third kappa shape index (κ3) is 3.97. The van der Waals surface area contributed by atoms with Crippen molar-refractivity contribution in [3.63, 3.8) is 0 Å². The zero-order valence-corrected chi connectivity index (χ0v) is 15.9. The first-order valence-electron chi connectivity index (χ1n) is 9.83. The highest BCUT2D eigenvalue weighted by Gasteiger charge is 2.44. The second kappa shape index (κ2) is 7.38. The van der Waals surface area contributed by atoms with E-state index in [1.54, 1.807) is 20.9 Å². The van der Waals surface area contributed by atoms with Crippen LogP contribution in [0.2, 0.25) is 0 Å². The number of pyridine rings is 1. The zero-order valence-electron chi connectivity index (χ0n) is 15.9. The second-order valence-electron chi connectivity index (χ2n) is 8.13. The standard InChI is InChI=1S/C19H24F3N5O2/c20-19(21,22)14-4-6-25(11-14)15-1-2-16(24-7-15)13-9-27(10-13)18(29)26-5-3-12(8-26)17(23)28/h1-2,7,12-14H,3-6,8-11H2,(H2,23,28)/t12-,14?/m0/s1. The number of hydrogen-bond donors (Lipinski definition) is 1. The quantitative estimate of drug-likeness (QED) is 0.822. The zero-order chi connectivity index (χ0) is 20.8. The van der Waals surface area contributed by atoms with Gasteiger partial charge in [-0.3, -0.25) is 9.78 Å². The van der Waals surface area contributed by atoms with Crippen LogP contribution in [0.5, 0.6) is 0 Å². The first-order valence-corrected chi connectivity index (χ1v) is 9.83. The fraction of sp³-hybridized carbons (Fsp3) is 0.632. The largest absolute Gasteiger partial charge is 0.393 e. The molecule has 7 nitrogen and oxygen atoms in total. The molecule has 3 amide bonds. The number of hydrogen-bond acceptors (Lipinski definition) is 4. The number of nitrogens with two attached hydrogens (primary N) is 1. The lowest BCUT2D eigenvalue weighted by molar-refractivity contribution is -0.168. The Morgan fingerprint density at radius 1 is 1.03 bits per heavy atom. The molecule has 2 N–H and O–H groups in total. The van der Waals surface area contributed by atoms with Crippen LogP contribution < -0.4 is 10.6 Å². The van der Waals surface area contributed by atoms with Crippen molar-refractivity contribution >= 4 is 17.6 Å². The highest BCUT2D eigenvalue weighted by atomic mass is 19.4. The summed E-state index contributed by atoms with van der Waals surface area (Å²) in [7, 11) is 0. The van der Waals surface area contributed by atoms with Crippen LogP contribution >= 0.6 is 0 Å². The summed E-state index contributed by atoms with van der Waals surface area (Å²) >= 11 is 0. The molecule has 158 valence electrons. The molecule has 0 radical (unpaired) electrons. The maximum atomic E-state index is 12.8. The van der Waals surface area contributed by atoms with Crippen LogP contribution in [0.1, 0.15) is 24.5 Å². The maximum absolute atomic E-state index is 12.8. The lowest BCUT2D eigenvalue weighted by Crippen LogP contribution is -2.53. The minimum absolute atomic E-state index is 0.0294. The third-order valence-electron chi connectivity index (χ3n) is 6.22. The highest BCUT2D eigenvalue weighted by Crippen LogP contribution is 2.36. The molecule has 4 heterocycles. The second-order valence-corrected chi connectivity index (χ2v) is 8.13. The van der Waals surface area contributed by atoms with E-state index in [2.05, 4.69) is 4.98 Å². The average Bonchev–Trinajstić information content (AvgIpc) is 3.30. The fourth-order valence-electron chi connectivity index (χ4n) is 4.28. The molecular formula is C19H24F3N5O2.